The number of aryl methyl sites for hydroxylation is 1. The Balaban J connectivity index is 2.30. The highest BCUT2D eigenvalue weighted by molar-refractivity contribution is 7.80. The molecule has 1 heterocycles. The summed E-state index contributed by atoms with van der Waals surface area (Å²) in [6.45, 7) is 1.92. The Labute approximate surface area is 124 Å². The van der Waals surface area contributed by atoms with Crippen LogP contribution >= 0.6 is 12.2 Å². The SMILES string of the molecule is Cc1cc(C(N)=S)cc(Nc2cccc(N(C)C)c2)n1. The van der Waals surface area contributed by atoms with Gasteiger partial charge in [0.05, 0.1) is 0 Å². The Morgan fingerprint density at radius 3 is 2.65 bits per heavy atom. The van der Waals surface area contributed by atoms with E-state index in [0.717, 1.165) is 28.5 Å². The Hall–Kier alpha value is -2.14. The Morgan fingerprint density at radius 1 is 1.25 bits per heavy atom. The van der Waals surface area contributed by atoms with E-state index in [-0.39, 0.29) is 0 Å². The van der Waals surface area contributed by atoms with E-state index in [1.807, 2.05) is 45.3 Å². The van der Waals surface area contributed by atoms with E-state index in [0.29, 0.717) is 4.99 Å². The molecule has 0 saturated heterocycles. The van der Waals surface area contributed by atoms with E-state index in [1.165, 1.54) is 0 Å². The molecule has 0 bridgehead atoms. The first-order chi connectivity index (χ1) is 9.45. The van der Waals surface area contributed by atoms with Crippen molar-refractivity contribution in [1.82, 2.24) is 4.98 Å². The molecule has 0 aliphatic carbocycles. The van der Waals surface area contributed by atoms with Crippen LogP contribution in [-0.4, -0.2) is 24.1 Å². The molecular weight excluding hydrogens is 268 g/mol. The Bertz CT molecular complexity index is 638. The maximum atomic E-state index is 5.68. The van der Waals surface area contributed by atoms with E-state index >= 15 is 0 Å². The number of pyridine rings is 1. The van der Waals surface area contributed by atoms with Gasteiger partial charge in [-0.15, -0.1) is 0 Å². The van der Waals surface area contributed by atoms with Gasteiger partial charge in [0.25, 0.3) is 0 Å². The van der Waals surface area contributed by atoms with Crippen molar-refractivity contribution >= 4 is 34.4 Å². The van der Waals surface area contributed by atoms with Gasteiger partial charge in [-0.2, -0.15) is 0 Å². The molecule has 1 aromatic carbocycles. The van der Waals surface area contributed by atoms with Crippen LogP contribution in [-0.2, 0) is 0 Å². The first kappa shape index (κ1) is 14.3. The Morgan fingerprint density at radius 2 is 2.00 bits per heavy atom. The molecule has 104 valence electrons. The molecule has 0 aliphatic rings. The minimum absolute atomic E-state index is 0.376. The molecule has 3 N–H and O–H groups in total. The summed E-state index contributed by atoms with van der Waals surface area (Å²) in [5.74, 6) is 0.740. The van der Waals surface area contributed by atoms with Gasteiger partial charge in [-0.05, 0) is 37.3 Å². The summed E-state index contributed by atoms with van der Waals surface area (Å²) in [6.07, 6.45) is 0. The van der Waals surface area contributed by atoms with Crippen molar-refractivity contribution in [2.24, 2.45) is 5.73 Å². The molecule has 2 rings (SSSR count). The lowest BCUT2D eigenvalue weighted by Gasteiger charge is -2.14. The number of hydrogen-bond acceptors (Lipinski definition) is 4. The number of hydrogen-bond donors (Lipinski definition) is 2. The molecule has 0 fully saturated rings. The monoisotopic (exact) mass is 286 g/mol. The number of thiocarbonyl (C=S) groups is 1. The Kier molecular flexibility index (Phi) is 4.20. The molecule has 0 aliphatic heterocycles. The lowest BCUT2D eigenvalue weighted by molar-refractivity contribution is 1.13. The summed E-state index contributed by atoms with van der Waals surface area (Å²) in [5.41, 5.74) is 9.47. The summed E-state index contributed by atoms with van der Waals surface area (Å²) in [5, 5.41) is 3.28. The van der Waals surface area contributed by atoms with E-state index in [2.05, 4.69) is 27.3 Å². The van der Waals surface area contributed by atoms with Crippen molar-refractivity contribution in [3.8, 4) is 0 Å². The van der Waals surface area contributed by atoms with Crippen LogP contribution in [0.25, 0.3) is 0 Å². The minimum Gasteiger partial charge on any atom is -0.389 e. The van der Waals surface area contributed by atoms with E-state index in [4.69, 9.17) is 18.0 Å². The lowest BCUT2D eigenvalue weighted by Crippen LogP contribution is -2.11. The van der Waals surface area contributed by atoms with Crippen molar-refractivity contribution < 1.29 is 0 Å². The number of rotatable bonds is 4. The molecule has 0 spiro atoms. The maximum Gasteiger partial charge on any atom is 0.131 e. The van der Waals surface area contributed by atoms with Crippen LogP contribution in [0.5, 0.6) is 0 Å². The summed E-state index contributed by atoms with van der Waals surface area (Å²) >= 11 is 5.02. The zero-order valence-electron chi connectivity index (χ0n) is 11.8. The summed E-state index contributed by atoms with van der Waals surface area (Å²) < 4.78 is 0. The average molecular weight is 286 g/mol. The zero-order valence-corrected chi connectivity index (χ0v) is 12.7. The molecule has 0 unspecified atom stereocenters. The number of anilines is 3. The van der Waals surface area contributed by atoms with Gasteiger partial charge >= 0.3 is 0 Å². The van der Waals surface area contributed by atoms with Crippen LogP contribution < -0.4 is 16.0 Å². The molecule has 0 amide bonds. The van der Waals surface area contributed by atoms with Crippen molar-refractivity contribution in [1.29, 1.82) is 0 Å². The predicted molar refractivity (Wildman–Crippen MR) is 88.9 cm³/mol. The molecule has 0 saturated carbocycles. The van der Waals surface area contributed by atoms with Crippen molar-refractivity contribution in [3.63, 3.8) is 0 Å². The second-order valence-corrected chi connectivity index (χ2v) is 5.26. The quantitative estimate of drug-likeness (QED) is 0.847. The smallest absolute Gasteiger partial charge is 0.131 e. The van der Waals surface area contributed by atoms with Crippen LogP contribution in [0.4, 0.5) is 17.2 Å². The predicted octanol–water partition coefficient (Wildman–Crippen LogP) is 2.83. The topological polar surface area (TPSA) is 54.2 Å². The van der Waals surface area contributed by atoms with Gasteiger partial charge in [-0.1, -0.05) is 18.3 Å². The van der Waals surface area contributed by atoms with Crippen molar-refractivity contribution in [3.05, 3.63) is 47.7 Å². The van der Waals surface area contributed by atoms with Crippen LogP contribution in [0.1, 0.15) is 11.3 Å². The first-order valence-electron chi connectivity index (χ1n) is 6.28. The highest BCUT2D eigenvalue weighted by atomic mass is 32.1. The van der Waals surface area contributed by atoms with Gasteiger partial charge in [0, 0.05) is 36.7 Å². The first-order valence-corrected chi connectivity index (χ1v) is 6.69. The molecule has 2 aromatic rings. The lowest BCUT2D eigenvalue weighted by atomic mass is 10.2. The fourth-order valence-corrected chi connectivity index (χ4v) is 2.00. The van der Waals surface area contributed by atoms with Crippen LogP contribution in [0.3, 0.4) is 0 Å². The van der Waals surface area contributed by atoms with Gasteiger partial charge in [0.15, 0.2) is 0 Å². The molecule has 0 radical (unpaired) electrons. The van der Waals surface area contributed by atoms with Crippen LogP contribution in [0.2, 0.25) is 0 Å². The van der Waals surface area contributed by atoms with Crippen molar-refractivity contribution in [2.45, 2.75) is 6.92 Å². The third kappa shape index (κ3) is 3.45. The largest absolute Gasteiger partial charge is 0.389 e. The van der Waals surface area contributed by atoms with Gasteiger partial charge in [-0.25, -0.2) is 4.98 Å². The number of nitrogens with two attached hydrogens (primary N) is 1. The van der Waals surface area contributed by atoms with E-state index in [1.54, 1.807) is 0 Å². The fourth-order valence-electron chi connectivity index (χ4n) is 1.88. The summed E-state index contributed by atoms with van der Waals surface area (Å²) in [6, 6.07) is 11.8. The third-order valence-corrected chi connectivity index (χ3v) is 3.11. The molecule has 4 nitrogen and oxygen atoms in total. The molecular formula is C15H18N4S. The standard InChI is InChI=1S/C15H18N4S/c1-10-7-11(15(16)20)8-14(17-10)18-12-5-4-6-13(9-12)19(2)3/h4-9H,1-3H3,(H2,16,20)(H,17,18). The highest BCUT2D eigenvalue weighted by Gasteiger charge is 2.04. The summed E-state index contributed by atoms with van der Waals surface area (Å²) in [4.78, 5) is 6.87. The maximum absolute atomic E-state index is 5.68. The van der Waals surface area contributed by atoms with Gasteiger partial charge in [0.1, 0.15) is 10.8 Å². The molecule has 20 heavy (non-hydrogen) atoms. The van der Waals surface area contributed by atoms with Gasteiger partial charge < -0.3 is 16.0 Å². The van der Waals surface area contributed by atoms with Crippen molar-refractivity contribution in [2.75, 3.05) is 24.3 Å². The molecule has 5 heteroatoms. The third-order valence-electron chi connectivity index (χ3n) is 2.87. The number of aromatic nitrogens is 1. The van der Waals surface area contributed by atoms with E-state index < -0.39 is 0 Å². The summed E-state index contributed by atoms with van der Waals surface area (Å²) in [7, 11) is 4.02. The van der Waals surface area contributed by atoms with Gasteiger partial charge in [-0.3, -0.25) is 0 Å². The minimum atomic E-state index is 0.376. The molecule has 0 atom stereocenters. The highest BCUT2D eigenvalue weighted by Crippen LogP contribution is 2.21. The number of nitrogens with zero attached hydrogens (tertiary/aromatic N) is 2. The number of benzene rings is 1. The van der Waals surface area contributed by atoms with Gasteiger partial charge in [0.2, 0.25) is 0 Å². The van der Waals surface area contributed by atoms with Crippen LogP contribution in [0.15, 0.2) is 36.4 Å². The second kappa shape index (κ2) is 5.88. The number of nitrogens with one attached hydrogen (secondary N) is 1. The second-order valence-electron chi connectivity index (χ2n) is 4.82. The van der Waals surface area contributed by atoms with E-state index in [9.17, 15) is 0 Å². The van der Waals surface area contributed by atoms with Crippen LogP contribution in [0, 0.1) is 6.92 Å². The fraction of sp³-hybridized carbons (Fsp3) is 0.200. The normalized spacial score (nSPS) is 10.2. The average Bonchev–Trinajstić information content (AvgIpc) is 2.38. The molecule has 1 aromatic heterocycles. The zero-order chi connectivity index (χ0) is 14.7.